The summed E-state index contributed by atoms with van der Waals surface area (Å²) in [6, 6.07) is 10.8. The molecule has 2 aromatic rings. The van der Waals surface area contributed by atoms with Gasteiger partial charge in [-0.15, -0.1) is 0 Å². The predicted molar refractivity (Wildman–Crippen MR) is 96.0 cm³/mol. The molecule has 1 aliphatic rings. The molecule has 2 aromatic carbocycles. The second-order valence-corrected chi connectivity index (χ2v) is 7.39. The second kappa shape index (κ2) is 7.99. The van der Waals surface area contributed by atoms with Crippen molar-refractivity contribution in [1.29, 1.82) is 0 Å². The minimum atomic E-state index is -4.88. The van der Waals surface area contributed by atoms with Crippen LogP contribution in [0.2, 0.25) is 0 Å². The predicted octanol–water partition coefficient (Wildman–Crippen LogP) is 5.98. The van der Waals surface area contributed by atoms with Gasteiger partial charge in [0.1, 0.15) is 0 Å². The molecule has 0 saturated carbocycles. The molecular formula is C21H21F6NO. The fraction of sp³-hybridized carbons (Fsp3) is 0.429. The minimum absolute atomic E-state index is 0.0214. The van der Waals surface area contributed by atoms with Crippen molar-refractivity contribution in [2.45, 2.75) is 51.0 Å². The third-order valence-corrected chi connectivity index (χ3v) is 5.33. The number of rotatable bonds is 4. The highest BCUT2D eigenvalue weighted by atomic mass is 19.4. The van der Waals surface area contributed by atoms with Crippen LogP contribution in [0.5, 0.6) is 0 Å². The topological polar surface area (TPSA) is 21.3 Å². The van der Waals surface area contributed by atoms with E-state index in [0.717, 1.165) is 5.56 Å². The fourth-order valence-corrected chi connectivity index (χ4v) is 3.61. The van der Waals surface area contributed by atoms with Gasteiger partial charge in [0.2, 0.25) is 0 Å². The lowest BCUT2D eigenvalue weighted by Gasteiger charge is -2.24. The molecular weight excluding hydrogens is 396 g/mol. The molecule has 1 aliphatic heterocycles. The van der Waals surface area contributed by atoms with Crippen molar-refractivity contribution in [2.75, 3.05) is 0 Å². The molecule has 1 fully saturated rings. The maximum Gasteiger partial charge on any atom is 0.416 e. The zero-order valence-electron chi connectivity index (χ0n) is 15.8. The molecule has 1 heterocycles. The van der Waals surface area contributed by atoms with Gasteiger partial charge in [-0.3, -0.25) is 0 Å². The van der Waals surface area contributed by atoms with Crippen molar-refractivity contribution in [1.82, 2.24) is 5.32 Å². The molecule has 0 aromatic heterocycles. The van der Waals surface area contributed by atoms with E-state index in [1.165, 1.54) is 0 Å². The van der Waals surface area contributed by atoms with Gasteiger partial charge in [-0.2, -0.15) is 26.3 Å². The van der Waals surface area contributed by atoms with E-state index in [1.54, 1.807) is 0 Å². The van der Waals surface area contributed by atoms with Crippen molar-refractivity contribution in [3.8, 4) is 0 Å². The monoisotopic (exact) mass is 417 g/mol. The molecule has 0 aliphatic carbocycles. The highest BCUT2D eigenvalue weighted by molar-refractivity contribution is 5.33. The zero-order chi connectivity index (χ0) is 21.4. The summed E-state index contributed by atoms with van der Waals surface area (Å²) in [5, 5.41) is 3.39. The number of ether oxygens (including phenoxy) is 1. The van der Waals surface area contributed by atoms with Crippen molar-refractivity contribution >= 4 is 0 Å². The maximum absolute atomic E-state index is 13.1. The van der Waals surface area contributed by atoms with E-state index >= 15 is 0 Å². The first-order valence-corrected chi connectivity index (χ1v) is 9.18. The van der Waals surface area contributed by atoms with Crippen molar-refractivity contribution in [3.05, 3.63) is 70.8 Å². The van der Waals surface area contributed by atoms with Crippen molar-refractivity contribution < 1.29 is 31.1 Å². The standard InChI is InChI=1S/C21H21F6NO/c1-12-13(2)28-18(15-6-4-3-5-7-15)19(12)29-11-14-8-16(20(22,23)24)10-17(9-14)21(25,26)27/h3-10,12-13,18-19,28H,11H2,1-2H3/t12-,13-,18-,19-/m0/s1. The van der Waals surface area contributed by atoms with Crippen LogP contribution in [0.1, 0.15) is 42.1 Å². The number of hydrogen-bond acceptors (Lipinski definition) is 2. The number of benzene rings is 2. The van der Waals surface area contributed by atoms with E-state index in [1.807, 2.05) is 44.2 Å². The van der Waals surface area contributed by atoms with E-state index in [0.29, 0.717) is 12.1 Å². The van der Waals surface area contributed by atoms with Gasteiger partial charge in [0.25, 0.3) is 0 Å². The zero-order valence-corrected chi connectivity index (χ0v) is 15.8. The first-order valence-electron chi connectivity index (χ1n) is 9.18. The normalized spacial score (nSPS) is 25.4. The van der Waals surface area contributed by atoms with Crippen LogP contribution in [-0.2, 0) is 23.7 Å². The van der Waals surface area contributed by atoms with Gasteiger partial charge in [0, 0.05) is 6.04 Å². The Kier molecular flexibility index (Phi) is 5.96. The smallest absolute Gasteiger partial charge is 0.371 e. The molecule has 0 bridgehead atoms. The lowest BCUT2D eigenvalue weighted by Crippen LogP contribution is -2.26. The lowest BCUT2D eigenvalue weighted by molar-refractivity contribution is -0.143. The Morgan fingerprint density at radius 3 is 1.93 bits per heavy atom. The SMILES string of the molecule is C[C@@H]1[C@H](OCc2cc(C(F)(F)F)cc(C(F)(F)F)c2)[C@H](c2ccccc2)N[C@H]1C. The molecule has 0 unspecified atom stereocenters. The van der Waals surface area contributed by atoms with Gasteiger partial charge < -0.3 is 10.1 Å². The minimum Gasteiger partial charge on any atom is -0.371 e. The summed E-state index contributed by atoms with van der Waals surface area (Å²) in [7, 11) is 0. The van der Waals surface area contributed by atoms with Gasteiger partial charge in [-0.1, -0.05) is 37.3 Å². The molecule has 3 rings (SSSR count). The van der Waals surface area contributed by atoms with Gasteiger partial charge in [-0.05, 0) is 42.2 Å². The largest absolute Gasteiger partial charge is 0.416 e. The molecule has 2 nitrogen and oxygen atoms in total. The van der Waals surface area contributed by atoms with Gasteiger partial charge in [0.15, 0.2) is 0 Å². The Hall–Kier alpha value is -2.06. The lowest BCUT2D eigenvalue weighted by atomic mass is 9.95. The molecule has 1 saturated heterocycles. The van der Waals surface area contributed by atoms with Crippen LogP contribution in [0, 0.1) is 5.92 Å². The summed E-state index contributed by atoms with van der Waals surface area (Å²) in [4.78, 5) is 0. The highest BCUT2D eigenvalue weighted by Crippen LogP contribution is 2.38. The van der Waals surface area contributed by atoms with Crippen LogP contribution < -0.4 is 5.32 Å². The molecule has 0 radical (unpaired) electrons. The van der Waals surface area contributed by atoms with Crippen LogP contribution in [0.25, 0.3) is 0 Å². The van der Waals surface area contributed by atoms with Crippen LogP contribution >= 0.6 is 0 Å². The Morgan fingerprint density at radius 1 is 0.862 bits per heavy atom. The molecule has 0 amide bonds. The Bertz CT molecular complexity index is 801. The highest BCUT2D eigenvalue weighted by Gasteiger charge is 2.40. The Morgan fingerprint density at radius 2 is 1.41 bits per heavy atom. The molecule has 8 heteroatoms. The van der Waals surface area contributed by atoms with E-state index in [4.69, 9.17) is 4.74 Å². The second-order valence-electron chi connectivity index (χ2n) is 7.39. The van der Waals surface area contributed by atoms with Crippen LogP contribution in [-0.4, -0.2) is 12.1 Å². The average molecular weight is 417 g/mol. The summed E-state index contributed by atoms with van der Waals surface area (Å²) in [6.07, 6.45) is -10.1. The average Bonchev–Trinajstić information content (AvgIpc) is 2.93. The number of halogens is 6. The van der Waals surface area contributed by atoms with Crippen molar-refractivity contribution in [2.24, 2.45) is 5.92 Å². The fourth-order valence-electron chi connectivity index (χ4n) is 3.61. The molecule has 29 heavy (non-hydrogen) atoms. The van der Waals surface area contributed by atoms with E-state index in [-0.39, 0.29) is 36.2 Å². The summed E-state index contributed by atoms with van der Waals surface area (Å²) in [5.74, 6) is 0.0214. The first kappa shape index (κ1) is 21.6. The summed E-state index contributed by atoms with van der Waals surface area (Å²) < 4.78 is 84.2. The summed E-state index contributed by atoms with van der Waals surface area (Å²) in [5.41, 5.74) is -1.88. The molecule has 158 valence electrons. The Labute approximate surface area is 164 Å². The van der Waals surface area contributed by atoms with E-state index < -0.39 is 29.6 Å². The first-order chi connectivity index (χ1) is 13.5. The van der Waals surface area contributed by atoms with Gasteiger partial charge >= 0.3 is 12.4 Å². The van der Waals surface area contributed by atoms with Gasteiger partial charge in [0.05, 0.1) is 29.9 Å². The van der Waals surface area contributed by atoms with E-state index in [2.05, 4.69) is 5.32 Å². The number of nitrogens with one attached hydrogen (secondary N) is 1. The third-order valence-electron chi connectivity index (χ3n) is 5.33. The number of alkyl halides is 6. The quantitative estimate of drug-likeness (QED) is 0.618. The van der Waals surface area contributed by atoms with Gasteiger partial charge in [-0.25, -0.2) is 0 Å². The van der Waals surface area contributed by atoms with Crippen LogP contribution in [0.3, 0.4) is 0 Å². The summed E-state index contributed by atoms with van der Waals surface area (Å²) >= 11 is 0. The molecule has 1 N–H and O–H groups in total. The Balaban J connectivity index is 1.85. The van der Waals surface area contributed by atoms with Crippen LogP contribution in [0.15, 0.2) is 48.5 Å². The summed E-state index contributed by atoms with van der Waals surface area (Å²) in [6.45, 7) is 3.56. The van der Waals surface area contributed by atoms with Crippen LogP contribution in [0.4, 0.5) is 26.3 Å². The third kappa shape index (κ3) is 4.93. The van der Waals surface area contributed by atoms with E-state index in [9.17, 15) is 26.3 Å². The number of hydrogen-bond donors (Lipinski definition) is 1. The molecule has 0 spiro atoms. The molecule has 4 atom stereocenters. The maximum atomic E-state index is 13.1. The van der Waals surface area contributed by atoms with Crippen molar-refractivity contribution in [3.63, 3.8) is 0 Å².